The molecule has 7 aromatic carbocycles. The van der Waals surface area contributed by atoms with E-state index in [1.165, 1.54) is 89.4 Å². The summed E-state index contributed by atoms with van der Waals surface area (Å²) in [7, 11) is 0. The fourth-order valence-corrected chi connectivity index (χ4v) is 10.8. The Labute approximate surface area is 349 Å². The predicted molar refractivity (Wildman–Crippen MR) is 248 cm³/mol. The van der Waals surface area contributed by atoms with Crippen LogP contribution in [-0.4, -0.2) is 0 Å². The second-order valence-electron chi connectivity index (χ2n) is 17.1. The van der Waals surface area contributed by atoms with Gasteiger partial charge in [0.2, 0.25) is 0 Å². The molecule has 284 valence electrons. The van der Waals surface area contributed by atoms with Crippen LogP contribution in [-0.2, 0) is 10.8 Å². The molecule has 1 unspecified atom stereocenters. The number of fused-ring (bicyclic) bond motifs is 8. The molecule has 1 heteroatoms. The smallest absolute Gasteiger partial charge is 0.0716 e. The monoisotopic (exact) mass is 757 g/mol. The van der Waals surface area contributed by atoms with Crippen molar-refractivity contribution in [2.24, 2.45) is 0 Å². The molecule has 59 heavy (non-hydrogen) atoms. The highest BCUT2D eigenvalue weighted by atomic mass is 15.1. The third-order valence-corrected chi connectivity index (χ3v) is 13.5. The van der Waals surface area contributed by atoms with Crippen molar-refractivity contribution < 1.29 is 0 Å². The highest BCUT2D eigenvalue weighted by Gasteiger charge is 2.54. The molecule has 1 atom stereocenters. The van der Waals surface area contributed by atoms with Gasteiger partial charge < -0.3 is 4.90 Å². The minimum Gasteiger partial charge on any atom is -0.314 e. The Balaban J connectivity index is 1.01. The Hall–Kier alpha value is -6.70. The van der Waals surface area contributed by atoms with Crippen LogP contribution in [0.3, 0.4) is 0 Å². The molecule has 0 saturated carbocycles. The van der Waals surface area contributed by atoms with E-state index >= 15 is 0 Å². The molecular weight excluding hydrogens is 711 g/mol. The van der Waals surface area contributed by atoms with Gasteiger partial charge in [0.1, 0.15) is 0 Å². The van der Waals surface area contributed by atoms with Crippen LogP contribution in [0, 0.1) is 0 Å². The fraction of sp³-hybridized carbons (Fsp3) is 0.138. The van der Waals surface area contributed by atoms with E-state index in [0.29, 0.717) is 0 Å². The lowest BCUT2D eigenvalue weighted by Crippen LogP contribution is -2.41. The van der Waals surface area contributed by atoms with Gasteiger partial charge in [-0.25, -0.2) is 0 Å². The zero-order chi connectivity index (χ0) is 39.6. The van der Waals surface area contributed by atoms with E-state index in [1.807, 2.05) is 0 Å². The summed E-state index contributed by atoms with van der Waals surface area (Å²) >= 11 is 0. The summed E-state index contributed by atoms with van der Waals surface area (Å²) in [6.07, 6.45) is 13.9. The number of hydrogen-bond donors (Lipinski definition) is 0. The van der Waals surface area contributed by atoms with E-state index in [0.717, 1.165) is 25.7 Å². The lowest BCUT2D eigenvalue weighted by atomic mass is 9.54. The second kappa shape index (κ2) is 14.0. The Morgan fingerprint density at radius 2 is 1.07 bits per heavy atom. The van der Waals surface area contributed by atoms with Gasteiger partial charge in [0, 0.05) is 22.5 Å². The summed E-state index contributed by atoms with van der Waals surface area (Å²) < 4.78 is 0. The summed E-state index contributed by atoms with van der Waals surface area (Å²) in [6, 6.07) is 65.5. The van der Waals surface area contributed by atoms with Crippen molar-refractivity contribution >= 4 is 16.9 Å². The minimum atomic E-state index is -0.359. The highest BCUT2D eigenvalue weighted by molar-refractivity contribution is 5.91. The number of benzene rings is 7. The third-order valence-electron chi connectivity index (χ3n) is 13.5. The molecule has 4 aliphatic rings. The van der Waals surface area contributed by atoms with Crippen LogP contribution in [0.4, 0.5) is 11.4 Å². The van der Waals surface area contributed by atoms with Crippen LogP contribution in [0.5, 0.6) is 0 Å². The first-order chi connectivity index (χ1) is 29.0. The van der Waals surface area contributed by atoms with E-state index in [-0.39, 0.29) is 10.8 Å². The van der Waals surface area contributed by atoms with Gasteiger partial charge in [0.25, 0.3) is 0 Å². The molecule has 11 rings (SSSR count). The Morgan fingerprint density at radius 1 is 0.458 bits per heavy atom. The lowest BCUT2D eigenvalue weighted by molar-refractivity contribution is 0.524. The second-order valence-corrected chi connectivity index (χ2v) is 17.1. The van der Waals surface area contributed by atoms with Gasteiger partial charge in [0.05, 0.1) is 5.41 Å². The molecule has 0 aromatic heterocycles. The Morgan fingerprint density at radius 3 is 1.88 bits per heavy atom. The largest absolute Gasteiger partial charge is 0.314 e. The number of para-hydroxylation sites is 1. The zero-order valence-electron chi connectivity index (χ0n) is 33.8. The number of anilines is 2. The maximum atomic E-state index is 2.53. The molecule has 0 amide bonds. The quantitative estimate of drug-likeness (QED) is 0.163. The topological polar surface area (TPSA) is 3.24 Å². The molecule has 1 nitrogen and oxygen atoms in total. The molecule has 1 spiro atoms. The average molecular weight is 758 g/mol. The maximum absolute atomic E-state index is 2.53. The van der Waals surface area contributed by atoms with Crippen LogP contribution in [0.1, 0.15) is 67.3 Å². The summed E-state index contributed by atoms with van der Waals surface area (Å²) in [5, 5.41) is 0. The fourth-order valence-electron chi connectivity index (χ4n) is 10.8. The normalized spacial score (nSPS) is 18.3. The van der Waals surface area contributed by atoms with Crippen molar-refractivity contribution in [3.05, 3.63) is 245 Å². The zero-order valence-corrected chi connectivity index (χ0v) is 33.8. The first-order valence-corrected chi connectivity index (χ1v) is 21.3. The maximum Gasteiger partial charge on any atom is 0.0716 e. The first-order valence-electron chi connectivity index (χ1n) is 21.3. The molecule has 4 aliphatic carbocycles. The van der Waals surface area contributed by atoms with Crippen molar-refractivity contribution in [2.45, 2.75) is 50.4 Å². The summed E-state index contributed by atoms with van der Waals surface area (Å²) in [5.74, 6) is 0. The van der Waals surface area contributed by atoms with Crippen LogP contribution >= 0.6 is 0 Å². The molecule has 7 aromatic rings. The van der Waals surface area contributed by atoms with Gasteiger partial charge in [-0.2, -0.15) is 0 Å². The molecule has 0 bridgehead atoms. The molecule has 0 fully saturated rings. The number of hydrogen-bond acceptors (Lipinski definition) is 1. The van der Waals surface area contributed by atoms with Gasteiger partial charge in [-0.15, -0.1) is 0 Å². The van der Waals surface area contributed by atoms with E-state index in [1.54, 1.807) is 5.57 Å². The van der Waals surface area contributed by atoms with Gasteiger partial charge >= 0.3 is 0 Å². The van der Waals surface area contributed by atoms with Gasteiger partial charge in [0.15, 0.2) is 0 Å². The Kier molecular flexibility index (Phi) is 8.41. The van der Waals surface area contributed by atoms with Crippen LogP contribution in [0.15, 0.2) is 217 Å². The molecular formula is C58H47N. The third kappa shape index (κ3) is 5.59. The predicted octanol–water partition coefficient (Wildman–Crippen LogP) is 15.2. The molecule has 0 aliphatic heterocycles. The molecule has 0 N–H and O–H groups in total. The first kappa shape index (κ1) is 35.5. The van der Waals surface area contributed by atoms with E-state index < -0.39 is 0 Å². The van der Waals surface area contributed by atoms with Crippen molar-refractivity contribution in [3.8, 4) is 33.4 Å². The van der Waals surface area contributed by atoms with Gasteiger partial charge in [-0.05, 0) is 141 Å². The number of nitrogens with zero attached hydrogens (tertiary/aromatic N) is 1. The van der Waals surface area contributed by atoms with Gasteiger partial charge in [-0.3, -0.25) is 0 Å². The summed E-state index contributed by atoms with van der Waals surface area (Å²) in [5.41, 5.74) is 22.2. The summed E-state index contributed by atoms with van der Waals surface area (Å²) in [4.78, 5) is 2.44. The number of rotatable bonds is 6. The average Bonchev–Trinajstić information content (AvgIpc) is 3.60. The van der Waals surface area contributed by atoms with E-state index in [9.17, 15) is 0 Å². The van der Waals surface area contributed by atoms with E-state index in [2.05, 4.69) is 219 Å². The molecule has 0 radical (unpaired) electrons. The van der Waals surface area contributed by atoms with Crippen molar-refractivity contribution in [1.82, 2.24) is 0 Å². The van der Waals surface area contributed by atoms with Crippen molar-refractivity contribution in [3.63, 3.8) is 0 Å². The molecule has 0 saturated heterocycles. The minimum absolute atomic E-state index is 0.0344. The summed E-state index contributed by atoms with van der Waals surface area (Å²) in [6.45, 7) is 4.88. The Bertz CT molecular complexity index is 2880. The SMILES string of the molecule is CC1(C)C2=C(C=CCC2)C2(c3ccccc3-c3ccc(-c4cccc(C5=CCCC(N(c6ccccc6)c6ccc(-c7ccccc7)cc6)=C5)c4)cc32)c2ccccc21. The van der Waals surface area contributed by atoms with E-state index in [4.69, 9.17) is 0 Å². The lowest BCUT2D eigenvalue weighted by Gasteiger charge is -2.48. The standard InChI is InChI=1S/C58H47N/c1-57(2)52-27-11-13-29-54(52)58(55-30-14-12-28-53(55)57)51-26-10-9-25-49(51)50-36-33-45(39-56(50)58)43-20-15-19-42(37-43)44-21-16-24-48(38-44)59(46-22-7-4-8-23-46)47-34-31-41(32-35-47)40-17-5-3-6-18-40/h3-11,13-15,17-23,25-27,29-39H,12,16,24,28H2,1-2H3. The number of allylic oxidation sites excluding steroid dienone is 8. The van der Waals surface area contributed by atoms with Crippen LogP contribution in [0.2, 0.25) is 0 Å². The van der Waals surface area contributed by atoms with Crippen molar-refractivity contribution in [2.75, 3.05) is 4.90 Å². The van der Waals surface area contributed by atoms with Crippen LogP contribution in [0.25, 0.3) is 39.0 Å². The van der Waals surface area contributed by atoms with Gasteiger partial charge in [-0.1, -0.05) is 177 Å². The molecule has 0 heterocycles. The highest BCUT2D eigenvalue weighted by Crippen LogP contribution is 2.63. The van der Waals surface area contributed by atoms with Crippen molar-refractivity contribution in [1.29, 1.82) is 0 Å². The van der Waals surface area contributed by atoms with Crippen LogP contribution < -0.4 is 4.90 Å².